The van der Waals surface area contributed by atoms with Gasteiger partial charge in [-0.1, -0.05) is 0 Å². The number of alkyl halides is 5. The lowest BCUT2D eigenvalue weighted by Gasteiger charge is -2.27. The van der Waals surface area contributed by atoms with Crippen LogP contribution >= 0.6 is 0 Å². The Morgan fingerprint density at radius 3 is 2.21 bits per heavy atom. The van der Waals surface area contributed by atoms with Gasteiger partial charge in [-0.05, 0) is 13.0 Å². The minimum atomic E-state index is -5.87. The van der Waals surface area contributed by atoms with E-state index in [1.807, 2.05) is 0 Å². The maximum Gasteiger partial charge on any atom is 0.463 e. The summed E-state index contributed by atoms with van der Waals surface area (Å²) < 4.78 is 62.1. The van der Waals surface area contributed by atoms with Crippen molar-refractivity contribution >= 4 is 5.91 Å². The van der Waals surface area contributed by atoms with Crippen LogP contribution in [0.1, 0.15) is 6.42 Å². The highest BCUT2D eigenvalue weighted by Crippen LogP contribution is 2.37. The number of carbonyl (C=O) groups is 1. The first-order valence-electron chi connectivity index (χ1n) is 5.77. The van der Waals surface area contributed by atoms with Gasteiger partial charge in [0.25, 0.3) is 0 Å². The predicted octanol–water partition coefficient (Wildman–Crippen LogP) is 0.711. The first-order valence-corrected chi connectivity index (χ1v) is 5.77. The van der Waals surface area contributed by atoms with E-state index in [-0.39, 0.29) is 26.2 Å². The topological polar surface area (TPSA) is 43.8 Å². The fraction of sp³-hybridized carbons (Fsp3) is 0.900. The first kappa shape index (κ1) is 16.1. The summed E-state index contributed by atoms with van der Waals surface area (Å²) in [7, 11) is 0. The van der Waals surface area contributed by atoms with E-state index in [1.165, 1.54) is 0 Å². The van der Waals surface area contributed by atoms with Crippen molar-refractivity contribution in [1.29, 1.82) is 0 Å². The van der Waals surface area contributed by atoms with Crippen LogP contribution in [0.5, 0.6) is 0 Å². The van der Waals surface area contributed by atoms with Gasteiger partial charge in [-0.3, -0.25) is 9.69 Å². The van der Waals surface area contributed by atoms with Gasteiger partial charge in [0.1, 0.15) is 0 Å². The summed E-state index contributed by atoms with van der Waals surface area (Å²) in [4.78, 5) is 13.5. The molecule has 0 bridgehead atoms. The Morgan fingerprint density at radius 1 is 1.05 bits per heavy atom. The third-order valence-electron chi connectivity index (χ3n) is 2.92. The van der Waals surface area contributed by atoms with Crippen LogP contribution in [0.25, 0.3) is 0 Å². The molecule has 0 unspecified atom stereocenters. The van der Waals surface area contributed by atoms with Crippen LogP contribution in [0, 0.1) is 0 Å². The zero-order valence-electron chi connectivity index (χ0n) is 10.1. The van der Waals surface area contributed by atoms with Crippen molar-refractivity contribution in [3.05, 3.63) is 0 Å². The normalized spacial score (nSPS) is 19.4. The van der Waals surface area contributed by atoms with E-state index in [1.54, 1.807) is 4.90 Å². The maximum absolute atomic E-state index is 12.9. The molecule has 0 saturated carbocycles. The molecule has 9 heteroatoms. The molecular weight excluding hydrogens is 275 g/mol. The Balaban J connectivity index is 2.68. The molecule has 0 aliphatic carbocycles. The number of rotatable bonds is 3. The van der Waals surface area contributed by atoms with Gasteiger partial charge >= 0.3 is 18.0 Å². The molecule has 0 spiro atoms. The number of halogens is 5. The SMILES string of the molecule is O=C(N1CCCN(CCO)CC1)C(F)(F)C(F)(F)F. The van der Waals surface area contributed by atoms with Crippen LogP contribution in [0.2, 0.25) is 0 Å². The lowest BCUT2D eigenvalue weighted by Crippen LogP contribution is -2.52. The highest BCUT2D eigenvalue weighted by Gasteiger charge is 2.64. The molecule has 1 aliphatic heterocycles. The molecule has 0 atom stereocenters. The van der Waals surface area contributed by atoms with Crippen LogP contribution in [0.3, 0.4) is 0 Å². The van der Waals surface area contributed by atoms with Crippen molar-refractivity contribution in [3.8, 4) is 0 Å². The van der Waals surface area contributed by atoms with E-state index in [2.05, 4.69) is 0 Å². The van der Waals surface area contributed by atoms with Crippen LogP contribution in [0.15, 0.2) is 0 Å². The highest BCUT2D eigenvalue weighted by molar-refractivity contribution is 5.84. The second kappa shape index (κ2) is 6.00. The largest absolute Gasteiger partial charge is 0.463 e. The van der Waals surface area contributed by atoms with Gasteiger partial charge in [0.15, 0.2) is 0 Å². The minimum Gasteiger partial charge on any atom is -0.395 e. The van der Waals surface area contributed by atoms with Gasteiger partial charge in [-0.15, -0.1) is 0 Å². The van der Waals surface area contributed by atoms with E-state index in [0.717, 1.165) is 0 Å². The monoisotopic (exact) mass is 290 g/mol. The molecule has 1 saturated heterocycles. The molecule has 1 rings (SSSR count). The third kappa shape index (κ3) is 3.75. The Bertz CT molecular complexity index is 322. The number of amides is 1. The van der Waals surface area contributed by atoms with Crippen LogP contribution in [-0.2, 0) is 4.79 Å². The molecule has 0 radical (unpaired) electrons. The molecule has 4 nitrogen and oxygen atoms in total. The minimum absolute atomic E-state index is 0.132. The Morgan fingerprint density at radius 2 is 1.68 bits per heavy atom. The average molecular weight is 290 g/mol. The first-order chi connectivity index (χ1) is 8.70. The lowest BCUT2D eigenvalue weighted by atomic mass is 10.2. The van der Waals surface area contributed by atoms with Gasteiger partial charge in [0, 0.05) is 26.2 Å². The van der Waals surface area contributed by atoms with E-state index in [0.29, 0.717) is 24.4 Å². The smallest absolute Gasteiger partial charge is 0.395 e. The van der Waals surface area contributed by atoms with E-state index < -0.39 is 18.0 Å². The van der Waals surface area contributed by atoms with Crippen molar-refractivity contribution in [1.82, 2.24) is 9.80 Å². The second-order valence-electron chi connectivity index (χ2n) is 4.28. The molecule has 0 aromatic heterocycles. The number of aliphatic hydroxyl groups is 1. The van der Waals surface area contributed by atoms with Crippen LogP contribution in [-0.4, -0.2) is 72.2 Å². The quantitative estimate of drug-likeness (QED) is 0.779. The summed E-state index contributed by atoms with van der Waals surface area (Å²) >= 11 is 0. The number of β-amino-alcohol motifs (C(OH)–C–C–N with tert-alkyl or cyclic N) is 1. The molecule has 1 heterocycles. The van der Waals surface area contributed by atoms with Crippen molar-refractivity contribution < 1.29 is 31.9 Å². The summed E-state index contributed by atoms with van der Waals surface area (Å²) in [5.41, 5.74) is 0. The summed E-state index contributed by atoms with van der Waals surface area (Å²) in [6.07, 6.45) is -5.58. The van der Waals surface area contributed by atoms with Crippen LogP contribution in [0.4, 0.5) is 22.0 Å². The van der Waals surface area contributed by atoms with Crippen molar-refractivity contribution in [2.75, 3.05) is 39.3 Å². The van der Waals surface area contributed by atoms with Gasteiger partial charge < -0.3 is 10.0 Å². The number of carbonyl (C=O) groups excluding carboxylic acids is 1. The van der Waals surface area contributed by atoms with E-state index >= 15 is 0 Å². The molecule has 0 aromatic carbocycles. The van der Waals surface area contributed by atoms with Gasteiger partial charge in [-0.25, -0.2) is 0 Å². The highest BCUT2D eigenvalue weighted by atomic mass is 19.4. The number of aliphatic hydroxyl groups excluding tert-OH is 1. The number of nitrogens with zero attached hydrogens (tertiary/aromatic N) is 2. The summed E-state index contributed by atoms with van der Waals surface area (Å²) in [5, 5.41) is 8.73. The second-order valence-corrected chi connectivity index (χ2v) is 4.28. The van der Waals surface area contributed by atoms with Gasteiger partial charge in [0.2, 0.25) is 0 Å². The zero-order chi connectivity index (χ0) is 14.7. The Hall–Kier alpha value is -0.960. The van der Waals surface area contributed by atoms with Crippen molar-refractivity contribution in [3.63, 3.8) is 0 Å². The van der Waals surface area contributed by atoms with Crippen LogP contribution < -0.4 is 0 Å². The fourth-order valence-electron chi connectivity index (χ4n) is 1.86. The number of hydrogen-bond acceptors (Lipinski definition) is 3. The average Bonchev–Trinajstić information content (AvgIpc) is 2.52. The molecule has 19 heavy (non-hydrogen) atoms. The van der Waals surface area contributed by atoms with Crippen molar-refractivity contribution in [2.45, 2.75) is 18.5 Å². The van der Waals surface area contributed by atoms with Gasteiger partial charge in [0.05, 0.1) is 6.61 Å². The molecular formula is C10H15F5N2O2. The fourth-order valence-corrected chi connectivity index (χ4v) is 1.86. The lowest BCUT2D eigenvalue weighted by molar-refractivity contribution is -0.274. The standard InChI is InChI=1S/C10H15F5N2O2/c11-9(12,10(13,14)15)8(19)17-3-1-2-16(4-5-17)6-7-18/h18H,1-7H2. The maximum atomic E-state index is 12.9. The predicted molar refractivity (Wildman–Crippen MR) is 55.7 cm³/mol. The Kier molecular flexibility index (Phi) is 5.08. The molecule has 1 N–H and O–H groups in total. The number of hydrogen-bond donors (Lipinski definition) is 1. The molecule has 0 aromatic rings. The van der Waals surface area contributed by atoms with E-state index in [4.69, 9.17) is 5.11 Å². The summed E-state index contributed by atoms with van der Waals surface area (Å²) in [5.74, 6) is -7.55. The summed E-state index contributed by atoms with van der Waals surface area (Å²) in [6, 6.07) is 0. The molecule has 1 amide bonds. The molecule has 1 fully saturated rings. The Labute approximate surface area is 106 Å². The van der Waals surface area contributed by atoms with Gasteiger partial charge in [-0.2, -0.15) is 22.0 Å². The zero-order valence-corrected chi connectivity index (χ0v) is 10.1. The van der Waals surface area contributed by atoms with Crippen molar-refractivity contribution in [2.24, 2.45) is 0 Å². The molecule has 1 aliphatic rings. The third-order valence-corrected chi connectivity index (χ3v) is 2.92. The van der Waals surface area contributed by atoms with E-state index in [9.17, 15) is 26.7 Å². The summed E-state index contributed by atoms with van der Waals surface area (Å²) in [6.45, 7) is 0.434. The molecule has 112 valence electrons.